The third-order valence-corrected chi connectivity index (χ3v) is 16.3. The molecule has 6 saturated carbocycles. The molecule has 0 amide bonds. The summed E-state index contributed by atoms with van der Waals surface area (Å²) in [5.74, 6) is 6.16. The van der Waals surface area contributed by atoms with E-state index in [1.165, 1.54) is 100 Å². The summed E-state index contributed by atoms with van der Waals surface area (Å²) in [6.45, 7) is 33.0. The summed E-state index contributed by atoms with van der Waals surface area (Å²) in [6.07, 6.45) is 29.4. The first-order valence-electron chi connectivity index (χ1n) is 21.5. The third-order valence-electron chi connectivity index (χ3n) is 16.3. The van der Waals surface area contributed by atoms with Crippen molar-refractivity contribution in [2.24, 2.45) is 69.5 Å². The molecule has 0 spiro atoms. The smallest absolute Gasteiger partial charge is 1.00 e. The Morgan fingerprint density at radius 1 is 0.661 bits per heavy atom. The van der Waals surface area contributed by atoms with Crippen LogP contribution in [0.15, 0.2) is 28.9 Å². The minimum absolute atomic E-state index is 0. The monoisotopic (exact) mass is 999 g/mol. The Kier molecular flexibility index (Phi) is 28.3. The molecule has 56 heavy (non-hydrogen) atoms. The van der Waals surface area contributed by atoms with E-state index in [-0.39, 0.29) is 129 Å². The van der Waals surface area contributed by atoms with Crippen LogP contribution in [0, 0.1) is 101 Å². The van der Waals surface area contributed by atoms with Crippen LogP contribution in [0.3, 0.4) is 0 Å². The van der Waals surface area contributed by atoms with Crippen LogP contribution < -0.4 is 29.6 Å². The van der Waals surface area contributed by atoms with Gasteiger partial charge in [0.15, 0.2) is 0 Å². The van der Waals surface area contributed by atoms with E-state index in [0.29, 0.717) is 58.2 Å². The molecule has 0 saturated heterocycles. The zero-order valence-electron chi connectivity index (χ0n) is 37.9. The predicted molar refractivity (Wildman–Crippen MR) is 217 cm³/mol. The van der Waals surface area contributed by atoms with E-state index in [1.807, 2.05) is 6.08 Å². The Morgan fingerprint density at radius 2 is 1.04 bits per heavy atom. The Labute approximate surface area is 444 Å². The molecule has 12 atom stereocenters. The molecular formula is C49H75NNaO2Y3-3. The average molecular weight is 1000 g/mol. The fraction of sp³-hybridized carbons (Fsp3) is 0.776. The van der Waals surface area contributed by atoms with Gasteiger partial charge in [-0.3, -0.25) is 16.7 Å². The molecule has 301 valence electrons. The SMILES string of the molecule is [CH-]=C1CCC[C@@]2(C)C1CC[C@@H]2[C@H](C)C/C=C/C#N.[CH-]=C1CCC[C@@]2(C)C1CC[C@@H]2[C@H](C)CC=O.[CH-]=C1CCC[C@@]2(C)C1CC[C@@H]2[C@H](C)CCCC=O.[H-].[Na+].[Y].[Y].[Y]. The maximum atomic E-state index is 10.7. The van der Waals surface area contributed by atoms with Crippen molar-refractivity contribution >= 4 is 12.6 Å². The Balaban J connectivity index is 0. The van der Waals surface area contributed by atoms with E-state index in [9.17, 15) is 9.59 Å². The normalized spacial score (nSPS) is 35.6. The van der Waals surface area contributed by atoms with Crippen molar-refractivity contribution in [3.63, 3.8) is 0 Å². The first-order chi connectivity index (χ1) is 24.8. The molecule has 3 unspecified atom stereocenters. The second-order valence-corrected chi connectivity index (χ2v) is 19.2. The number of aldehydes is 2. The molecule has 6 fully saturated rings. The van der Waals surface area contributed by atoms with Crippen LogP contribution in [0.4, 0.5) is 0 Å². The van der Waals surface area contributed by atoms with Crippen molar-refractivity contribution in [2.45, 2.75) is 170 Å². The van der Waals surface area contributed by atoms with Crippen LogP contribution in [-0.2, 0) is 108 Å². The van der Waals surface area contributed by atoms with Crippen molar-refractivity contribution in [3.05, 3.63) is 48.6 Å². The van der Waals surface area contributed by atoms with Gasteiger partial charge in [0.2, 0.25) is 0 Å². The largest absolute Gasteiger partial charge is 1.00 e. The summed E-state index contributed by atoms with van der Waals surface area (Å²) in [4.78, 5) is 21.1. The Bertz CT molecular complexity index is 1350. The van der Waals surface area contributed by atoms with E-state index >= 15 is 0 Å². The van der Waals surface area contributed by atoms with Gasteiger partial charge in [0, 0.05) is 117 Å². The van der Waals surface area contributed by atoms with Gasteiger partial charge in [-0.25, -0.2) is 0 Å². The van der Waals surface area contributed by atoms with Crippen molar-refractivity contribution in [1.82, 2.24) is 0 Å². The van der Waals surface area contributed by atoms with Crippen molar-refractivity contribution in [1.29, 1.82) is 5.26 Å². The molecule has 0 aromatic heterocycles. The molecular weight excluding hydrogens is 924 g/mol. The Morgan fingerprint density at radius 3 is 1.39 bits per heavy atom. The number of nitrogens with zero attached hydrogens (tertiary/aromatic N) is 1. The van der Waals surface area contributed by atoms with Gasteiger partial charge in [0.1, 0.15) is 12.6 Å². The molecule has 0 N–H and O–H groups in total. The molecule has 0 aromatic rings. The maximum Gasteiger partial charge on any atom is 1.00 e. The number of unbranched alkanes of at least 4 members (excludes halogenated alkanes) is 1. The molecule has 0 heterocycles. The summed E-state index contributed by atoms with van der Waals surface area (Å²) in [7, 11) is 0. The van der Waals surface area contributed by atoms with E-state index in [1.54, 1.807) is 6.08 Å². The second-order valence-electron chi connectivity index (χ2n) is 19.2. The first-order valence-corrected chi connectivity index (χ1v) is 21.5. The van der Waals surface area contributed by atoms with Crippen molar-refractivity contribution in [2.75, 3.05) is 0 Å². The number of rotatable bonds is 11. The van der Waals surface area contributed by atoms with Crippen LogP contribution in [0.25, 0.3) is 0 Å². The zero-order chi connectivity index (χ0) is 38.1. The van der Waals surface area contributed by atoms with Crippen LogP contribution >= 0.6 is 0 Å². The number of hydrogen-bond donors (Lipinski definition) is 0. The standard InChI is InChI=1S/C17H24N.C17H27O.C15H23O.Na.3Y.H/c2*1-13(7-4-5-12-18)15-9-10-16-14(2)8-6-11-17(15,16)3;1-11-5-4-9-15(3)13(11)6-7-14(15)12(2)8-10-16;;;;;/h2,4-5,13,15-16H,6-11H2,1,3H3;2,12-13,15-16H,4-11H2,1,3H3;1,10,12-14H,4-9H2,2-3H3;;;;;/q3*-1;+1;;;;-1/b5-4+;;;;;;;/t2*13-,15-,16?,17-;12-,13?,14-,15+;;;;;/m111...../s1. The minimum atomic E-state index is 0. The fourth-order valence-corrected chi connectivity index (χ4v) is 13.6. The van der Waals surface area contributed by atoms with Gasteiger partial charge in [-0.05, 0) is 140 Å². The zero-order valence-corrected chi connectivity index (χ0v) is 47.4. The van der Waals surface area contributed by atoms with Crippen molar-refractivity contribution < 1.29 is 139 Å². The van der Waals surface area contributed by atoms with Gasteiger partial charge in [0.05, 0.1) is 6.07 Å². The second kappa shape index (κ2) is 27.3. The molecule has 0 bridgehead atoms. The van der Waals surface area contributed by atoms with Gasteiger partial charge >= 0.3 is 29.6 Å². The van der Waals surface area contributed by atoms with Gasteiger partial charge in [-0.1, -0.05) is 92.6 Å². The van der Waals surface area contributed by atoms with Crippen LogP contribution in [0.5, 0.6) is 0 Å². The van der Waals surface area contributed by atoms with Gasteiger partial charge in [-0.15, -0.1) is 0 Å². The molecule has 6 rings (SSSR count). The first kappa shape index (κ1) is 58.1. The fourth-order valence-electron chi connectivity index (χ4n) is 13.6. The average Bonchev–Trinajstić information content (AvgIpc) is 3.77. The number of carbonyl (C=O) groups excluding carboxylic acids is 2. The summed E-state index contributed by atoms with van der Waals surface area (Å²) in [6, 6.07) is 2.08. The van der Waals surface area contributed by atoms with Gasteiger partial charge < -0.3 is 30.8 Å². The topological polar surface area (TPSA) is 57.9 Å². The summed E-state index contributed by atoms with van der Waals surface area (Å²) in [5.41, 5.74) is 5.00. The molecule has 0 aromatic carbocycles. The number of carbonyl (C=O) groups is 2. The van der Waals surface area contributed by atoms with E-state index in [4.69, 9.17) is 25.0 Å². The molecule has 6 aliphatic carbocycles. The number of nitriles is 1. The van der Waals surface area contributed by atoms with Gasteiger partial charge in [0.25, 0.3) is 0 Å². The minimum Gasteiger partial charge on any atom is -1.00 e. The van der Waals surface area contributed by atoms with Crippen molar-refractivity contribution in [3.8, 4) is 6.07 Å². The molecule has 0 aliphatic heterocycles. The third kappa shape index (κ3) is 13.8. The van der Waals surface area contributed by atoms with E-state index in [2.05, 4.69) is 47.6 Å². The molecule has 3 nitrogen and oxygen atoms in total. The quantitative estimate of drug-likeness (QED) is 0.0682. The van der Waals surface area contributed by atoms with E-state index < -0.39 is 0 Å². The summed E-state index contributed by atoms with van der Waals surface area (Å²) < 4.78 is 0. The molecule has 7 heteroatoms. The Hall–Kier alpha value is 2.10. The predicted octanol–water partition coefficient (Wildman–Crippen LogP) is 10.1. The molecule has 3 radical (unpaired) electrons. The van der Waals surface area contributed by atoms with Crippen LogP contribution in [0.1, 0.15) is 171 Å². The van der Waals surface area contributed by atoms with E-state index in [0.717, 1.165) is 68.9 Å². The number of hydrogen-bond acceptors (Lipinski definition) is 3. The molecule has 6 aliphatic rings. The maximum absolute atomic E-state index is 10.7. The van der Waals surface area contributed by atoms with Gasteiger partial charge in [-0.2, -0.15) is 5.26 Å². The summed E-state index contributed by atoms with van der Waals surface area (Å²) in [5, 5.41) is 8.56. The summed E-state index contributed by atoms with van der Waals surface area (Å²) >= 11 is 0. The van der Waals surface area contributed by atoms with Crippen LogP contribution in [-0.4, -0.2) is 12.6 Å². The number of allylic oxidation sites excluding steroid dienone is 5. The number of fused-ring (bicyclic) bond motifs is 3. The van der Waals surface area contributed by atoms with Crippen LogP contribution in [0.2, 0.25) is 0 Å².